The van der Waals surface area contributed by atoms with Crippen molar-refractivity contribution in [1.82, 2.24) is 20.4 Å². The van der Waals surface area contributed by atoms with Gasteiger partial charge in [-0.05, 0) is 46.7 Å². The molecule has 0 saturated heterocycles. The Morgan fingerprint density at radius 2 is 1.95 bits per heavy atom. The molecular formula is C14H27ClN4O. The van der Waals surface area contributed by atoms with E-state index in [1.165, 1.54) is 0 Å². The first-order valence-electron chi connectivity index (χ1n) is 6.92. The van der Waals surface area contributed by atoms with E-state index in [1.807, 2.05) is 17.7 Å². The number of halogens is 1. The first-order valence-corrected chi connectivity index (χ1v) is 6.92. The zero-order chi connectivity index (χ0) is 14.5. The summed E-state index contributed by atoms with van der Waals surface area (Å²) in [6, 6.07) is 1.83. The average molecular weight is 303 g/mol. The molecule has 0 saturated carbocycles. The van der Waals surface area contributed by atoms with Crippen LogP contribution in [0.25, 0.3) is 0 Å². The number of nitrogens with one attached hydrogen (secondary N) is 2. The molecule has 1 rings (SSSR count). The van der Waals surface area contributed by atoms with E-state index in [0.717, 1.165) is 25.2 Å². The normalized spacial score (nSPS) is 11.1. The van der Waals surface area contributed by atoms with Crippen molar-refractivity contribution < 1.29 is 4.79 Å². The number of carbonyl (C=O) groups excluding carboxylic acids is 1. The number of hydrogen-bond donors (Lipinski definition) is 2. The Hall–Kier alpha value is -1.07. The van der Waals surface area contributed by atoms with Crippen molar-refractivity contribution >= 4 is 18.3 Å². The summed E-state index contributed by atoms with van der Waals surface area (Å²) in [6.45, 7) is 12.7. The lowest BCUT2D eigenvalue weighted by molar-refractivity contribution is 0.0947. The Morgan fingerprint density at radius 1 is 1.30 bits per heavy atom. The van der Waals surface area contributed by atoms with E-state index in [0.29, 0.717) is 12.2 Å². The van der Waals surface area contributed by atoms with Gasteiger partial charge in [0, 0.05) is 18.8 Å². The van der Waals surface area contributed by atoms with Crippen LogP contribution in [0.1, 0.15) is 50.3 Å². The maximum Gasteiger partial charge on any atom is 0.271 e. The van der Waals surface area contributed by atoms with Gasteiger partial charge in [-0.15, -0.1) is 12.4 Å². The summed E-state index contributed by atoms with van der Waals surface area (Å²) in [7, 11) is 0. The van der Waals surface area contributed by atoms with Gasteiger partial charge in [-0.25, -0.2) is 0 Å². The molecule has 6 heteroatoms. The highest BCUT2D eigenvalue weighted by Gasteiger charge is 2.19. The predicted molar refractivity (Wildman–Crippen MR) is 84.7 cm³/mol. The minimum atomic E-state index is -0.107. The quantitative estimate of drug-likeness (QED) is 0.791. The van der Waals surface area contributed by atoms with E-state index in [9.17, 15) is 4.79 Å². The minimum Gasteiger partial charge on any atom is -0.349 e. The molecule has 0 aliphatic heterocycles. The van der Waals surface area contributed by atoms with Crippen LogP contribution in [0, 0.1) is 6.92 Å². The Kier molecular flexibility index (Phi) is 7.83. The summed E-state index contributed by atoms with van der Waals surface area (Å²) in [6.07, 6.45) is 1.10. The molecule has 0 fully saturated rings. The third-order valence-corrected chi connectivity index (χ3v) is 2.77. The largest absolute Gasteiger partial charge is 0.349 e. The summed E-state index contributed by atoms with van der Waals surface area (Å²) >= 11 is 0. The van der Waals surface area contributed by atoms with Crippen LogP contribution in [0.4, 0.5) is 0 Å². The molecule has 1 aromatic rings. The fourth-order valence-corrected chi connectivity index (χ4v) is 1.92. The van der Waals surface area contributed by atoms with E-state index in [2.05, 4.69) is 43.4 Å². The Morgan fingerprint density at radius 3 is 2.45 bits per heavy atom. The third kappa shape index (κ3) is 5.51. The van der Waals surface area contributed by atoms with Crippen molar-refractivity contribution in [1.29, 1.82) is 0 Å². The van der Waals surface area contributed by atoms with E-state index in [-0.39, 0.29) is 23.9 Å². The lowest BCUT2D eigenvalue weighted by Crippen LogP contribution is -2.32. The van der Waals surface area contributed by atoms with Crippen molar-refractivity contribution in [3.63, 3.8) is 0 Å². The van der Waals surface area contributed by atoms with Gasteiger partial charge >= 0.3 is 0 Å². The van der Waals surface area contributed by atoms with E-state index in [4.69, 9.17) is 0 Å². The van der Waals surface area contributed by atoms with Gasteiger partial charge in [-0.3, -0.25) is 9.48 Å². The summed E-state index contributed by atoms with van der Waals surface area (Å²) in [4.78, 5) is 12.0. The highest BCUT2D eigenvalue weighted by molar-refractivity contribution is 5.92. The van der Waals surface area contributed by atoms with Gasteiger partial charge in [0.15, 0.2) is 0 Å². The Balaban J connectivity index is 0.00000361. The van der Waals surface area contributed by atoms with Crippen molar-refractivity contribution in [3.8, 4) is 0 Å². The summed E-state index contributed by atoms with van der Waals surface area (Å²) in [5.41, 5.74) is 1.38. The number of hydrogen-bond acceptors (Lipinski definition) is 3. The molecular weight excluding hydrogens is 276 g/mol. The molecule has 0 atom stereocenters. The van der Waals surface area contributed by atoms with Crippen LogP contribution < -0.4 is 10.6 Å². The first-order chi connectivity index (χ1) is 8.86. The van der Waals surface area contributed by atoms with Gasteiger partial charge in [0.1, 0.15) is 5.69 Å². The summed E-state index contributed by atoms with van der Waals surface area (Å²) < 4.78 is 1.89. The first kappa shape index (κ1) is 18.9. The maximum atomic E-state index is 12.0. The highest BCUT2D eigenvalue weighted by Crippen LogP contribution is 2.16. The second-order valence-corrected chi connectivity index (χ2v) is 5.76. The number of rotatable bonds is 6. The Bertz CT molecular complexity index is 423. The maximum absolute atomic E-state index is 12.0. The smallest absolute Gasteiger partial charge is 0.271 e. The lowest BCUT2D eigenvalue weighted by Gasteiger charge is -2.21. The molecule has 1 aromatic heterocycles. The van der Waals surface area contributed by atoms with E-state index < -0.39 is 0 Å². The molecule has 1 amide bonds. The van der Waals surface area contributed by atoms with Crippen LogP contribution in [0.3, 0.4) is 0 Å². The predicted octanol–water partition coefficient (Wildman–Crippen LogP) is 2.10. The fraction of sp³-hybridized carbons (Fsp3) is 0.714. The molecule has 0 radical (unpaired) electrons. The number of nitrogens with zero attached hydrogens (tertiary/aromatic N) is 2. The third-order valence-electron chi connectivity index (χ3n) is 2.77. The van der Waals surface area contributed by atoms with Crippen molar-refractivity contribution in [2.45, 2.75) is 46.6 Å². The molecule has 0 unspecified atom stereocenters. The molecule has 116 valence electrons. The number of carbonyl (C=O) groups is 1. The van der Waals surface area contributed by atoms with Gasteiger partial charge in [0.2, 0.25) is 0 Å². The number of aryl methyl sites for hydroxylation is 1. The average Bonchev–Trinajstić information content (AvgIpc) is 2.70. The molecule has 20 heavy (non-hydrogen) atoms. The molecule has 0 aliphatic rings. The molecule has 0 spiro atoms. The standard InChI is InChI=1S/C14H26N4O.ClH/c1-6-7-15-8-9-16-13(19)12-10-11(2)18(17-12)14(3,4)5;/h10,15H,6-9H2,1-5H3,(H,16,19);1H. The fourth-order valence-electron chi connectivity index (χ4n) is 1.92. The second kappa shape index (κ2) is 8.27. The van der Waals surface area contributed by atoms with Crippen molar-refractivity contribution in [2.24, 2.45) is 0 Å². The number of aromatic nitrogens is 2. The highest BCUT2D eigenvalue weighted by atomic mass is 35.5. The van der Waals surface area contributed by atoms with Crippen LogP contribution in [0.5, 0.6) is 0 Å². The van der Waals surface area contributed by atoms with Gasteiger partial charge in [-0.2, -0.15) is 5.10 Å². The summed E-state index contributed by atoms with van der Waals surface area (Å²) in [5, 5.41) is 10.5. The number of amides is 1. The van der Waals surface area contributed by atoms with Gasteiger partial charge < -0.3 is 10.6 Å². The van der Waals surface area contributed by atoms with Gasteiger partial charge in [0.25, 0.3) is 5.91 Å². The van der Waals surface area contributed by atoms with E-state index >= 15 is 0 Å². The zero-order valence-electron chi connectivity index (χ0n) is 13.1. The van der Waals surface area contributed by atoms with Crippen LogP contribution in [0.15, 0.2) is 6.07 Å². The van der Waals surface area contributed by atoms with Crippen LogP contribution >= 0.6 is 12.4 Å². The topological polar surface area (TPSA) is 58.9 Å². The zero-order valence-corrected chi connectivity index (χ0v) is 13.9. The Labute approximate surface area is 127 Å². The molecule has 0 aliphatic carbocycles. The van der Waals surface area contributed by atoms with Crippen LogP contribution in [-0.4, -0.2) is 35.3 Å². The van der Waals surface area contributed by atoms with Crippen LogP contribution in [-0.2, 0) is 5.54 Å². The minimum absolute atomic E-state index is 0. The van der Waals surface area contributed by atoms with Gasteiger partial charge in [0.05, 0.1) is 5.54 Å². The van der Waals surface area contributed by atoms with E-state index in [1.54, 1.807) is 0 Å². The SMILES string of the molecule is CCCNCCNC(=O)c1cc(C)n(C(C)(C)C)n1.Cl. The monoisotopic (exact) mass is 302 g/mol. The molecule has 0 bridgehead atoms. The lowest BCUT2D eigenvalue weighted by atomic mass is 10.1. The summed E-state index contributed by atoms with van der Waals surface area (Å²) in [5.74, 6) is -0.107. The van der Waals surface area contributed by atoms with Crippen molar-refractivity contribution in [3.05, 3.63) is 17.5 Å². The molecule has 0 aromatic carbocycles. The van der Waals surface area contributed by atoms with Gasteiger partial charge in [-0.1, -0.05) is 6.92 Å². The molecule has 1 heterocycles. The molecule has 5 nitrogen and oxygen atoms in total. The second-order valence-electron chi connectivity index (χ2n) is 5.76. The van der Waals surface area contributed by atoms with Crippen molar-refractivity contribution in [2.75, 3.05) is 19.6 Å². The molecule has 2 N–H and O–H groups in total. The van der Waals surface area contributed by atoms with Crippen LogP contribution in [0.2, 0.25) is 0 Å².